The van der Waals surface area contributed by atoms with Crippen molar-refractivity contribution in [3.63, 3.8) is 0 Å². The van der Waals surface area contributed by atoms with Crippen LogP contribution in [0.5, 0.6) is 0 Å². The zero-order valence-electron chi connectivity index (χ0n) is 6.36. The summed E-state index contributed by atoms with van der Waals surface area (Å²) >= 11 is 7.28. The van der Waals surface area contributed by atoms with Gasteiger partial charge in [0.1, 0.15) is 0 Å². The minimum Gasteiger partial charge on any atom is -1.00 e. The molecule has 0 bridgehead atoms. The first-order chi connectivity index (χ1) is 2.00. The van der Waals surface area contributed by atoms with Crippen molar-refractivity contribution in [2.45, 2.75) is 0 Å². The molecule has 0 spiro atoms. The van der Waals surface area contributed by atoms with Gasteiger partial charge in [-0.05, 0) is 0 Å². The van der Waals surface area contributed by atoms with Gasteiger partial charge in [-0.2, -0.15) is 0 Å². The molecule has 0 aromatic rings. The van der Waals surface area contributed by atoms with Crippen LogP contribution in [0.1, 0.15) is 4.28 Å². The first-order valence-electron chi connectivity index (χ1n) is 0.338. The van der Waals surface area contributed by atoms with Gasteiger partial charge in [0.2, 0.25) is 0 Å². The van der Waals surface area contributed by atoms with E-state index in [2.05, 4.69) is 23.7 Å². The largest absolute Gasteiger partial charge is 2.00 e. The number of rotatable bonds is 0. The minimum atomic E-state index is 0. The van der Waals surface area contributed by atoms with Gasteiger partial charge in [0.25, 0.3) is 0 Å². The van der Waals surface area contributed by atoms with Crippen LogP contribution in [0.15, 0.2) is 0 Å². The first kappa shape index (κ1) is 23.0. The predicted octanol–water partition coefficient (Wildman–Crippen LogP) is -2.77. The quantitative estimate of drug-likeness (QED) is 0.467. The standard InChI is InChI=1S/Ba.2ClHO.Na.3H/c;2*1-2;;;;/h;2*2H;;;;/q+2;;;+1;3*-1. The van der Waals surface area contributed by atoms with E-state index in [1.54, 1.807) is 0 Å². The van der Waals surface area contributed by atoms with Crippen LogP contribution < -0.4 is 29.6 Å². The first-order valence-corrected chi connectivity index (χ1v) is 1.01. The second-order valence-electron chi connectivity index (χ2n) is 0. The summed E-state index contributed by atoms with van der Waals surface area (Å²) in [4.78, 5) is 0. The van der Waals surface area contributed by atoms with Crippen molar-refractivity contribution in [2.24, 2.45) is 0 Å². The Hall–Kier alpha value is 3.07. The van der Waals surface area contributed by atoms with Gasteiger partial charge in [-0.25, -0.2) is 0 Å². The van der Waals surface area contributed by atoms with Crippen LogP contribution in [-0.4, -0.2) is 58.2 Å². The van der Waals surface area contributed by atoms with E-state index in [0.29, 0.717) is 0 Å². The maximum absolute atomic E-state index is 6.47. The van der Waals surface area contributed by atoms with Crippen molar-refractivity contribution >= 4 is 72.6 Å². The SMILES string of the molecule is OCl.OCl.[Ba+2].[H-].[H-].[H-].[Na+]. The smallest absolute Gasteiger partial charge is 1.00 e. The second kappa shape index (κ2) is 42.8. The Balaban J connectivity index is -0.00000000114. The van der Waals surface area contributed by atoms with Gasteiger partial charge in [-0.15, -0.1) is 0 Å². The summed E-state index contributed by atoms with van der Waals surface area (Å²) in [5.41, 5.74) is 0. The van der Waals surface area contributed by atoms with Gasteiger partial charge < -0.3 is 4.28 Å². The van der Waals surface area contributed by atoms with Crippen LogP contribution in [0.4, 0.5) is 0 Å². The Kier molecular flexibility index (Phi) is 164. The topological polar surface area (TPSA) is 40.5 Å². The minimum absolute atomic E-state index is 0. The summed E-state index contributed by atoms with van der Waals surface area (Å²) in [5, 5.41) is 0. The molecule has 6 heteroatoms. The Morgan fingerprint density at radius 3 is 1.00 bits per heavy atom. The molecule has 34 valence electrons. The molecule has 0 atom stereocenters. The summed E-state index contributed by atoms with van der Waals surface area (Å²) in [6.07, 6.45) is 0. The third-order valence-corrected chi connectivity index (χ3v) is 0. The molecule has 6 heavy (non-hydrogen) atoms. The summed E-state index contributed by atoms with van der Waals surface area (Å²) in [6, 6.07) is 0. The monoisotopic (exact) mass is 268 g/mol. The fourth-order valence-electron chi connectivity index (χ4n) is 0. The molecule has 2 nitrogen and oxygen atoms in total. The zero-order valence-corrected chi connectivity index (χ0v) is 11.3. The molecule has 0 unspecified atom stereocenters. The molecule has 0 saturated carbocycles. The zero-order chi connectivity index (χ0) is 4.00. The molecule has 2 N–H and O–H groups in total. The van der Waals surface area contributed by atoms with Gasteiger partial charge in [0, 0.05) is 0 Å². The molecule has 0 fully saturated rings. The summed E-state index contributed by atoms with van der Waals surface area (Å²) < 4.78 is 12.9. The fraction of sp³-hybridized carbons (Fsp3) is 0. The summed E-state index contributed by atoms with van der Waals surface area (Å²) in [5.74, 6) is 0. The van der Waals surface area contributed by atoms with Crippen molar-refractivity contribution in [3.05, 3.63) is 0 Å². The Labute approximate surface area is 113 Å². The van der Waals surface area contributed by atoms with Crippen LogP contribution in [0.2, 0.25) is 0 Å². The second-order valence-corrected chi connectivity index (χ2v) is 0. The molecule has 0 aliphatic carbocycles. The van der Waals surface area contributed by atoms with Crippen molar-refractivity contribution in [2.75, 3.05) is 0 Å². The van der Waals surface area contributed by atoms with Crippen molar-refractivity contribution in [1.82, 2.24) is 0 Å². The van der Waals surface area contributed by atoms with E-state index in [1.165, 1.54) is 0 Å². The Bertz CT molecular complexity index is 19.8. The number of hydrogen-bond donors (Lipinski definition) is 2. The molecule has 0 saturated heterocycles. The molecule has 0 rings (SSSR count). The molecular formula is H5BaCl2NaO2. The molecule has 0 amide bonds. The Morgan fingerprint density at radius 2 is 1.00 bits per heavy atom. The maximum atomic E-state index is 6.47. The van der Waals surface area contributed by atoms with Gasteiger partial charge in [-0.3, -0.25) is 9.32 Å². The van der Waals surface area contributed by atoms with E-state index in [0.717, 1.165) is 0 Å². The van der Waals surface area contributed by atoms with Gasteiger partial charge in [-0.1, -0.05) is 0 Å². The normalized spacial score (nSPS) is 2.00. The van der Waals surface area contributed by atoms with Gasteiger partial charge >= 0.3 is 78.4 Å². The van der Waals surface area contributed by atoms with E-state index in [9.17, 15) is 0 Å². The molecule has 0 aliphatic rings. The summed E-state index contributed by atoms with van der Waals surface area (Å²) in [7, 11) is 0. The third-order valence-electron chi connectivity index (χ3n) is 0. The molecule has 0 heterocycles. The maximum Gasteiger partial charge on any atom is 2.00 e. The third kappa shape index (κ3) is 27.6. The van der Waals surface area contributed by atoms with Gasteiger partial charge in [0.15, 0.2) is 0 Å². The number of halogens is 2. The van der Waals surface area contributed by atoms with E-state index in [1.807, 2.05) is 0 Å². The van der Waals surface area contributed by atoms with Crippen LogP contribution in [0.3, 0.4) is 0 Å². The molecular weight excluding hydrogens is 263 g/mol. The van der Waals surface area contributed by atoms with Crippen LogP contribution >= 0.6 is 23.7 Å². The van der Waals surface area contributed by atoms with Crippen molar-refractivity contribution < 1.29 is 43.2 Å². The average molecular weight is 268 g/mol. The summed E-state index contributed by atoms with van der Waals surface area (Å²) in [6.45, 7) is 0. The van der Waals surface area contributed by atoms with Crippen molar-refractivity contribution in [1.29, 1.82) is 0 Å². The molecule has 0 aromatic heterocycles. The predicted molar refractivity (Wildman–Crippen MR) is 25.2 cm³/mol. The van der Waals surface area contributed by atoms with E-state index in [4.69, 9.17) is 9.32 Å². The van der Waals surface area contributed by atoms with E-state index < -0.39 is 0 Å². The number of hydrogen-bond acceptors (Lipinski definition) is 2. The van der Waals surface area contributed by atoms with Crippen LogP contribution in [-0.2, 0) is 0 Å². The molecule has 0 aromatic carbocycles. The fourth-order valence-corrected chi connectivity index (χ4v) is 0. The molecule has 0 radical (unpaired) electrons. The van der Waals surface area contributed by atoms with E-state index >= 15 is 0 Å². The van der Waals surface area contributed by atoms with Gasteiger partial charge in [0.05, 0.1) is 23.7 Å². The molecule has 0 aliphatic heterocycles. The van der Waals surface area contributed by atoms with Crippen molar-refractivity contribution in [3.8, 4) is 0 Å². The Morgan fingerprint density at radius 1 is 1.00 bits per heavy atom. The average Bonchev–Trinajstić information content (AvgIpc) is 1.50. The van der Waals surface area contributed by atoms with E-state index in [-0.39, 0.29) is 82.7 Å². The van der Waals surface area contributed by atoms with Crippen LogP contribution in [0.25, 0.3) is 0 Å². The van der Waals surface area contributed by atoms with Crippen LogP contribution in [0, 0.1) is 0 Å².